The van der Waals surface area contributed by atoms with Crippen LogP contribution in [0.3, 0.4) is 0 Å². The van der Waals surface area contributed by atoms with Crippen molar-refractivity contribution in [2.75, 3.05) is 13.1 Å². The lowest BCUT2D eigenvalue weighted by Gasteiger charge is -2.15. The van der Waals surface area contributed by atoms with Crippen LogP contribution in [-0.4, -0.2) is 44.8 Å². The lowest BCUT2D eigenvalue weighted by Crippen LogP contribution is -2.32. The van der Waals surface area contributed by atoms with Gasteiger partial charge >= 0.3 is 0 Å². The lowest BCUT2D eigenvalue weighted by molar-refractivity contribution is -0.131. The van der Waals surface area contributed by atoms with Gasteiger partial charge in [0, 0.05) is 18.3 Å². The third-order valence-electron chi connectivity index (χ3n) is 4.83. The number of alkyl halides is 3. The maximum absolute atomic E-state index is 13.5. The fourth-order valence-corrected chi connectivity index (χ4v) is 3.30. The molecule has 0 radical (unpaired) electrons. The van der Waals surface area contributed by atoms with Crippen molar-refractivity contribution in [2.45, 2.75) is 25.6 Å². The number of hydrogen-bond acceptors (Lipinski definition) is 3. The number of amides is 1. The minimum absolute atomic E-state index is 0.0763. The van der Waals surface area contributed by atoms with Gasteiger partial charge in [-0.15, -0.1) is 0 Å². The molecule has 0 saturated carbocycles. The predicted octanol–water partition coefficient (Wildman–Crippen LogP) is 3.75. The Labute approximate surface area is 157 Å². The zero-order valence-corrected chi connectivity index (χ0v) is 14.7. The van der Waals surface area contributed by atoms with Gasteiger partial charge in [0.25, 0.3) is 6.43 Å². The molecule has 1 atom stereocenters. The van der Waals surface area contributed by atoms with Crippen molar-refractivity contribution in [3.05, 3.63) is 48.0 Å². The predicted molar refractivity (Wildman–Crippen MR) is 94.0 cm³/mol. The maximum Gasteiger partial charge on any atom is 0.266 e. The third-order valence-corrected chi connectivity index (χ3v) is 4.83. The molecule has 1 saturated heterocycles. The van der Waals surface area contributed by atoms with E-state index in [1.165, 1.54) is 28.0 Å². The second-order valence-electron chi connectivity index (χ2n) is 6.69. The van der Waals surface area contributed by atoms with Crippen molar-refractivity contribution in [3.63, 3.8) is 0 Å². The van der Waals surface area contributed by atoms with Crippen LogP contribution in [0.5, 0.6) is 0 Å². The summed E-state index contributed by atoms with van der Waals surface area (Å²) in [7, 11) is 0. The minimum atomic E-state index is -2.93. The molecule has 1 aromatic carbocycles. The molecule has 146 valence electrons. The summed E-state index contributed by atoms with van der Waals surface area (Å²) in [5.74, 6) is -1.22. The fourth-order valence-electron chi connectivity index (χ4n) is 3.30. The Balaban J connectivity index is 1.65. The van der Waals surface area contributed by atoms with Crippen LogP contribution in [-0.2, 0) is 11.3 Å². The Morgan fingerprint density at radius 3 is 2.75 bits per heavy atom. The third kappa shape index (κ3) is 3.44. The van der Waals surface area contributed by atoms with Gasteiger partial charge in [0.1, 0.15) is 24.1 Å². The van der Waals surface area contributed by atoms with E-state index in [0.717, 1.165) is 12.1 Å². The number of pyridine rings is 1. The van der Waals surface area contributed by atoms with Gasteiger partial charge < -0.3 is 4.90 Å². The number of nitrogens with zero attached hydrogens (tertiary/aromatic N) is 4. The number of carbonyl (C=O) groups is 1. The number of benzene rings is 1. The van der Waals surface area contributed by atoms with Gasteiger partial charge in [-0.3, -0.25) is 14.5 Å². The van der Waals surface area contributed by atoms with E-state index in [2.05, 4.69) is 10.1 Å². The van der Waals surface area contributed by atoms with Gasteiger partial charge in [0.2, 0.25) is 5.91 Å². The first-order valence-corrected chi connectivity index (χ1v) is 8.74. The molecule has 1 aliphatic rings. The summed E-state index contributed by atoms with van der Waals surface area (Å²) < 4.78 is 54.2. The summed E-state index contributed by atoms with van der Waals surface area (Å²) in [6.45, 7) is 0.370. The van der Waals surface area contributed by atoms with E-state index in [4.69, 9.17) is 0 Å². The van der Waals surface area contributed by atoms with Crippen LogP contribution in [0.1, 0.15) is 18.4 Å². The van der Waals surface area contributed by atoms with E-state index in [0.29, 0.717) is 35.1 Å². The van der Waals surface area contributed by atoms with Crippen molar-refractivity contribution < 1.29 is 22.4 Å². The summed E-state index contributed by atoms with van der Waals surface area (Å²) in [5, 5.41) is 4.15. The van der Waals surface area contributed by atoms with Crippen molar-refractivity contribution >= 4 is 16.9 Å². The average molecular weight is 392 g/mol. The molecule has 0 bridgehead atoms. The smallest absolute Gasteiger partial charge is 0.266 e. The molecule has 0 spiro atoms. The first-order valence-electron chi connectivity index (χ1n) is 8.74. The molecule has 3 heterocycles. The zero-order valence-electron chi connectivity index (χ0n) is 14.7. The molecule has 5 nitrogen and oxygen atoms in total. The van der Waals surface area contributed by atoms with E-state index in [-0.39, 0.29) is 19.0 Å². The first kappa shape index (κ1) is 18.4. The molecule has 1 aliphatic heterocycles. The molecule has 0 aliphatic carbocycles. The molecule has 3 aromatic rings. The standard InChI is InChI=1S/C19H16F4N4O/c20-13-3-4-26(9-13)18(28)10-27-17-6-12(7-24-16(17)8-25-27)11-1-2-15(21)14(5-11)19(22)23/h1-2,5-8,13,19H,3-4,9-10H2/t13-/m1/s1. The van der Waals surface area contributed by atoms with E-state index in [9.17, 15) is 22.4 Å². The number of aromatic nitrogens is 3. The number of carbonyl (C=O) groups excluding carboxylic acids is 1. The second kappa shape index (κ2) is 7.21. The van der Waals surface area contributed by atoms with Crippen molar-refractivity contribution in [1.29, 1.82) is 0 Å². The van der Waals surface area contributed by atoms with E-state index in [1.54, 1.807) is 6.07 Å². The number of likely N-dealkylation sites (tertiary alicyclic amines) is 1. The molecule has 1 amide bonds. The van der Waals surface area contributed by atoms with Gasteiger partial charge in [0.05, 0.1) is 23.8 Å². The Kier molecular flexibility index (Phi) is 4.74. The van der Waals surface area contributed by atoms with Gasteiger partial charge in [-0.2, -0.15) is 5.10 Å². The molecule has 1 fully saturated rings. The summed E-state index contributed by atoms with van der Waals surface area (Å²) in [6.07, 6.45) is -0.640. The molecular formula is C19H16F4N4O. The maximum atomic E-state index is 13.5. The molecule has 0 N–H and O–H groups in total. The van der Waals surface area contributed by atoms with Crippen LogP contribution in [0.2, 0.25) is 0 Å². The molecule has 2 aromatic heterocycles. The molecule has 9 heteroatoms. The Bertz CT molecular complexity index is 1040. The SMILES string of the molecule is O=C(Cn1ncc2ncc(-c3ccc(F)c(C(F)F)c3)cc21)N1CC[C@@H](F)C1. The molecular weight excluding hydrogens is 376 g/mol. The summed E-state index contributed by atoms with van der Waals surface area (Å²) in [6, 6.07) is 5.12. The van der Waals surface area contributed by atoms with Crippen LogP contribution >= 0.6 is 0 Å². The number of fused-ring (bicyclic) bond motifs is 1. The molecule has 4 rings (SSSR count). The number of rotatable bonds is 4. The van der Waals surface area contributed by atoms with Crippen LogP contribution in [0, 0.1) is 5.82 Å². The number of halogens is 4. The largest absolute Gasteiger partial charge is 0.338 e. The van der Waals surface area contributed by atoms with Gasteiger partial charge in [-0.25, -0.2) is 17.6 Å². The Morgan fingerprint density at radius 1 is 1.21 bits per heavy atom. The zero-order chi connectivity index (χ0) is 19.8. The summed E-state index contributed by atoms with van der Waals surface area (Å²) >= 11 is 0. The van der Waals surface area contributed by atoms with Gasteiger partial charge in [-0.1, -0.05) is 6.07 Å². The van der Waals surface area contributed by atoms with Crippen LogP contribution in [0.25, 0.3) is 22.2 Å². The quantitative estimate of drug-likeness (QED) is 0.636. The van der Waals surface area contributed by atoms with Crippen molar-refractivity contribution in [2.24, 2.45) is 0 Å². The summed E-state index contributed by atoms with van der Waals surface area (Å²) in [4.78, 5) is 18.1. The van der Waals surface area contributed by atoms with Crippen molar-refractivity contribution in [3.8, 4) is 11.1 Å². The van der Waals surface area contributed by atoms with E-state index >= 15 is 0 Å². The molecule has 28 heavy (non-hydrogen) atoms. The van der Waals surface area contributed by atoms with E-state index in [1.807, 2.05) is 0 Å². The fraction of sp³-hybridized carbons (Fsp3) is 0.316. The highest BCUT2D eigenvalue weighted by atomic mass is 19.3. The highest BCUT2D eigenvalue weighted by Gasteiger charge is 2.26. The Hall–Kier alpha value is -2.97. The number of hydrogen-bond donors (Lipinski definition) is 0. The highest BCUT2D eigenvalue weighted by molar-refractivity contribution is 5.83. The van der Waals surface area contributed by atoms with E-state index < -0.39 is 24.0 Å². The van der Waals surface area contributed by atoms with Crippen LogP contribution in [0.4, 0.5) is 17.6 Å². The van der Waals surface area contributed by atoms with Crippen LogP contribution < -0.4 is 0 Å². The lowest BCUT2D eigenvalue weighted by atomic mass is 10.0. The monoisotopic (exact) mass is 392 g/mol. The van der Waals surface area contributed by atoms with Crippen LogP contribution in [0.15, 0.2) is 36.7 Å². The first-order chi connectivity index (χ1) is 13.4. The highest BCUT2D eigenvalue weighted by Crippen LogP contribution is 2.29. The molecule has 0 unspecified atom stereocenters. The minimum Gasteiger partial charge on any atom is -0.338 e. The topological polar surface area (TPSA) is 51.0 Å². The van der Waals surface area contributed by atoms with Gasteiger partial charge in [0.15, 0.2) is 0 Å². The average Bonchev–Trinajstić information content (AvgIpc) is 3.28. The normalized spacial score (nSPS) is 17.0. The summed E-state index contributed by atoms with van der Waals surface area (Å²) in [5.41, 5.74) is 1.25. The second-order valence-corrected chi connectivity index (χ2v) is 6.69. The Morgan fingerprint density at radius 2 is 2.04 bits per heavy atom. The van der Waals surface area contributed by atoms with Gasteiger partial charge in [-0.05, 0) is 30.2 Å². The van der Waals surface area contributed by atoms with Crippen molar-refractivity contribution in [1.82, 2.24) is 19.7 Å².